The number of hydrogen-bond donors (Lipinski definition) is 0. The van der Waals surface area contributed by atoms with Crippen LogP contribution in [0.5, 0.6) is 0 Å². The first-order valence-corrected chi connectivity index (χ1v) is 18.8. The van der Waals surface area contributed by atoms with Crippen molar-refractivity contribution in [2.24, 2.45) is 0 Å². The molecule has 4 nitrogen and oxygen atoms in total. The highest BCUT2D eigenvalue weighted by Gasteiger charge is 2.21. The van der Waals surface area contributed by atoms with Gasteiger partial charge in [0.1, 0.15) is 11.2 Å². The third-order valence-corrected chi connectivity index (χ3v) is 12.4. The third kappa shape index (κ3) is 4.61. The van der Waals surface area contributed by atoms with E-state index >= 15 is 0 Å². The summed E-state index contributed by atoms with van der Waals surface area (Å²) < 4.78 is 10.3. The van der Waals surface area contributed by atoms with E-state index < -0.39 is 0 Å². The zero-order valence-corrected chi connectivity index (χ0v) is 28.9. The number of aromatic nitrogens is 3. The zero-order chi connectivity index (χ0) is 33.5. The van der Waals surface area contributed by atoms with Crippen molar-refractivity contribution in [1.29, 1.82) is 0 Å². The van der Waals surface area contributed by atoms with Crippen LogP contribution in [-0.2, 0) is 6.42 Å². The molecule has 0 unspecified atom stereocenters. The van der Waals surface area contributed by atoms with Crippen LogP contribution in [0.4, 0.5) is 0 Å². The summed E-state index contributed by atoms with van der Waals surface area (Å²) in [5.41, 5.74) is 8.25. The summed E-state index contributed by atoms with van der Waals surface area (Å²) in [6.07, 6.45) is 6.83. The van der Waals surface area contributed by atoms with Crippen molar-refractivity contribution >= 4 is 80.9 Å². The lowest BCUT2D eigenvalue weighted by molar-refractivity contribution is 0.669. The molecule has 4 heterocycles. The van der Waals surface area contributed by atoms with Crippen molar-refractivity contribution < 1.29 is 4.42 Å². The molecule has 0 amide bonds. The molecule has 0 saturated carbocycles. The maximum atomic E-state index is 6.48. The van der Waals surface area contributed by atoms with Crippen LogP contribution in [0.2, 0.25) is 0 Å². The van der Waals surface area contributed by atoms with Gasteiger partial charge in [0.15, 0.2) is 17.5 Å². The molecule has 0 bridgehead atoms. The number of rotatable bonds is 4. The van der Waals surface area contributed by atoms with E-state index in [4.69, 9.17) is 19.4 Å². The molecule has 0 radical (unpaired) electrons. The Bertz CT molecular complexity index is 3040. The lowest BCUT2D eigenvalue weighted by atomic mass is 9.98. The van der Waals surface area contributed by atoms with Crippen LogP contribution in [0.3, 0.4) is 0 Å². The van der Waals surface area contributed by atoms with Gasteiger partial charge in [0.05, 0.1) is 0 Å². The highest BCUT2D eigenvalue weighted by atomic mass is 32.1. The van der Waals surface area contributed by atoms with Gasteiger partial charge in [0, 0.05) is 57.2 Å². The van der Waals surface area contributed by atoms with E-state index in [1.807, 2.05) is 41.7 Å². The second kappa shape index (κ2) is 11.3. The number of nitrogens with zero attached hydrogens (tertiary/aromatic N) is 3. The number of fused-ring (bicyclic) bond motifs is 9. The summed E-state index contributed by atoms with van der Waals surface area (Å²) in [6.45, 7) is 0. The number of allylic oxidation sites excluding steroid dienone is 1. The zero-order valence-electron chi connectivity index (χ0n) is 27.3. The van der Waals surface area contributed by atoms with Gasteiger partial charge in [-0.3, -0.25) is 0 Å². The molecule has 11 rings (SSSR count). The Kier molecular flexibility index (Phi) is 6.38. The predicted molar refractivity (Wildman–Crippen MR) is 214 cm³/mol. The number of thiophene rings is 2. The fraction of sp³-hybridized carbons (Fsp3) is 0.0444. The van der Waals surface area contributed by atoms with Crippen molar-refractivity contribution in [1.82, 2.24) is 15.0 Å². The third-order valence-electron chi connectivity index (χ3n) is 10.0. The normalized spacial score (nSPS) is 12.9. The lowest BCUT2D eigenvalue weighted by Crippen LogP contribution is -2.00. The topological polar surface area (TPSA) is 51.8 Å². The average molecular weight is 690 g/mol. The maximum absolute atomic E-state index is 6.48. The number of benzene rings is 6. The molecular formula is C45H27N3OS2. The van der Waals surface area contributed by atoms with Gasteiger partial charge in [0.2, 0.25) is 0 Å². The highest BCUT2D eigenvalue weighted by molar-refractivity contribution is 7.26. The van der Waals surface area contributed by atoms with Gasteiger partial charge >= 0.3 is 0 Å². The Morgan fingerprint density at radius 1 is 0.490 bits per heavy atom. The number of furan rings is 1. The molecule has 1 aliphatic carbocycles. The maximum Gasteiger partial charge on any atom is 0.164 e. The molecule has 0 saturated heterocycles. The van der Waals surface area contributed by atoms with E-state index in [9.17, 15) is 0 Å². The van der Waals surface area contributed by atoms with E-state index in [2.05, 4.69) is 109 Å². The standard InChI is InChI=1S/C45H27N3OS2/c1-2-10-26(11-3-1)43-46-44(48-45(47-43)33-15-9-19-39-42(33)31-13-5-7-18-38(31)50-39)32-14-8-16-36-41(32)34-24-27(21-23-35(34)49-36)28-20-22-30-29-12-4-6-17-37(29)51-40(30)25-28/h1-5,7-16,18-25H,6,17H2. The molecule has 51 heavy (non-hydrogen) atoms. The van der Waals surface area contributed by atoms with E-state index in [0.29, 0.717) is 17.5 Å². The molecule has 0 fully saturated rings. The summed E-state index contributed by atoms with van der Waals surface area (Å²) in [6, 6.07) is 44.7. The van der Waals surface area contributed by atoms with Crippen molar-refractivity contribution in [3.05, 3.63) is 144 Å². The fourth-order valence-corrected chi connectivity index (χ4v) is 10.00. The summed E-state index contributed by atoms with van der Waals surface area (Å²) >= 11 is 3.72. The van der Waals surface area contributed by atoms with Gasteiger partial charge in [-0.15, -0.1) is 22.7 Å². The molecule has 0 spiro atoms. The molecule has 10 aromatic rings. The highest BCUT2D eigenvalue weighted by Crippen LogP contribution is 2.43. The molecule has 1 aliphatic rings. The molecule has 0 atom stereocenters. The van der Waals surface area contributed by atoms with Crippen LogP contribution in [0.15, 0.2) is 138 Å². The van der Waals surface area contributed by atoms with Crippen LogP contribution in [0, 0.1) is 0 Å². The van der Waals surface area contributed by atoms with Crippen LogP contribution in [0.1, 0.15) is 16.9 Å². The number of aryl methyl sites for hydroxylation is 1. The Balaban J connectivity index is 1.12. The van der Waals surface area contributed by atoms with Gasteiger partial charge in [-0.05, 0) is 71.3 Å². The monoisotopic (exact) mass is 689 g/mol. The molecule has 0 N–H and O–H groups in total. The second-order valence-electron chi connectivity index (χ2n) is 13.0. The van der Waals surface area contributed by atoms with Crippen LogP contribution >= 0.6 is 22.7 Å². The molecule has 240 valence electrons. The van der Waals surface area contributed by atoms with Crippen molar-refractivity contribution in [3.63, 3.8) is 0 Å². The molecule has 6 heteroatoms. The Labute approximate surface area is 301 Å². The molecular weight excluding hydrogens is 663 g/mol. The minimum Gasteiger partial charge on any atom is -0.456 e. The van der Waals surface area contributed by atoms with Crippen molar-refractivity contribution in [3.8, 4) is 45.3 Å². The number of hydrogen-bond acceptors (Lipinski definition) is 6. The van der Waals surface area contributed by atoms with Crippen molar-refractivity contribution in [2.75, 3.05) is 0 Å². The van der Waals surface area contributed by atoms with Crippen LogP contribution < -0.4 is 0 Å². The summed E-state index contributed by atoms with van der Waals surface area (Å²) in [4.78, 5) is 17.0. The van der Waals surface area contributed by atoms with E-state index in [-0.39, 0.29) is 0 Å². The minimum absolute atomic E-state index is 0.618. The first kappa shape index (κ1) is 28.8. The first-order valence-electron chi connectivity index (χ1n) is 17.2. The van der Waals surface area contributed by atoms with Gasteiger partial charge < -0.3 is 4.42 Å². The van der Waals surface area contributed by atoms with Gasteiger partial charge in [-0.25, -0.2) is 15.0 Å². The SMILES string of the molecule is C1=Cc2c(sc3cc(-c4ccc5oc6cccc(-c7nc(-c8ccccc8)nc(-c8cccc9sc%10ccccc%10c89)n7)c6c5c4)ccc23)CC1. The second-order valence-corrected chi connectivity index (χ2v) is 15.3. The molecule has 6 aromatic carbocycles. The van der Waals surface area contributed by atoms with E-state index in [1.54, 1.807) is 11.3 Å². The summed E-state index contributed by atoms with van der Waals surface area (Å²) in [5.74, 6) is 1.91. The largest absolute Gasteiger partial charge is 0.456 e. The minimum atomic E-state index is 0.618. The van der Waals surface area contributed by atoms with E-state index in [0.717, 1.165) is 57.0 Å². The average Bonchev–Trinajstić information content (AvgIpc) is 3.88. The summed E-state index contributed by atoms with van der Waals surface area (Å²) in [7, 11) is 0. The van der Waals surface area contributed by atoms with Crippen LogP contribution in [-0.4, -0.2) is 15.0 Å². The van der Waals surface area contributed by atoms with Gasteiger partial charge in [-0.2, -0.15) is 0 Å². The Morgan fingerprint density at radius 3 is 2.14 bits per heavy atom. The van der Waals surface area contributed by atoms with Gasteiger partial charge in [-0.1, -0.05) is 103 Å². The molecule has 0 aliphatic heterocycles. The Hall–Kier alpha value is -5.95. The van der Waals surface area contributed by atoms with Gasteiger partial charge in [0.25, 0.3) is 0 Å². The lowest BCUT2D eigenvalue weighted by Gasteiger charge is -2.10. The van der Waals surface area contributed by atoms with Crippen LogP contribution in [0.25, 0.3) is 104 Å². The first-order chi connectivity index (χ1) is 25.2. The predicted octanol–water partition coefficient (Wildman–Crippen LogP) is 13.0. The molecule has 4 aromatic heterocycles. The Morgan fingerprint density at radius 2 is 1.24 bits per heavy atom. The van der Waals surface area contributed by atoms with E-state index in [1.165, 1.54) is 46.3 Å². The quantitative estimate of drug-likeness (QED) is 0.185. The fourth-order valence-electron chi connectivity index (χ4n) is 7.62. The summed E-state index contributed by atoms with van der Waals surface area (Å²) in [5, 5.41) is 5.77. The van der Waals surface area contributed by atoms with Crippen molar-refractivity contribution in [2.45, 2.75) is 12.8 Å². The smallest absolute Gasteiger partial charge is 0.164 e.